The van der Waals surface area contributed by atoms with E-state index in [1.807, 2.05) is 0 Å². The van der Waals surface area contributed by atoms with Crippen molar-refractivity contribution in [3.8, 4) is 0 Å². The number of carbonyl (C=O) groups is 1. The number of ether oxygens (including phenoxy) is 2. The molecule has 0 aromatic heterocycles. The smallest absolute Gasteiger partial charge is 0.332 e. The molecule has 3 rings (SSSR count). The van der Waals surface area contributed by atoms with Crippen LogP contribution in [0.3, 0.4) is 0 Å². The number of nitrogens with zero attached hydrogens (tertiary/aromatic N) is 1. The van der Waals surface area contributed by atoms with Crippen molar-refractivity contribution in [3.05, 3.63) is 21.3 Å². The normalized spacial score (nSPS) is 39.0. The molecular formula is C16H23ClINO3. The van der Waals surface area contributed by atoms with Crippen molar-refractivity contribution in [3.63, 3.8) is 0 Å². The van der Waals surface area contributed by atoms with E-state index >= 15 is 0 Å². The van der Waals surface area contributed by atoms with Crippen LogP contribution in [0.1, 0.15) is 33.6 Å². The number of fused-ring (bicyclic) bond motifs is 3. The second kappa shape index (κ2) is 6.42. The van der Waals surface area contributed by atoms with Crippen LogP contribution < -0.4 is 0 Å². The molecule has 0 N–H and O–H groups in total. The van der Waals surface area contributed by atoms with Gasteiger partial charge in [0.1, 0.15) is 0 Å². The first-order valence-corrected chi connectivity index (χ1v) is 8.59. The van der Waals surface area contributed by atoms with Crippen LogP contribution in [0.2, 0.25) is 0 Å². The van der Waals surface area contributed by atoms with Crippen LogP contribution in [0.15, 0.2) is 21.3 Å². The fraction of sp³-hybridized carbons (Fsp3) is 0.688. The van der Waals surface area contributed by atoms with Crippen LogP contribution >= 0.6 is 35.0 Å². The lowest BCUT2D eigenvalue weighted by atomic mass is 9.87. The van der Waals surface area contributed by atoms with Crippen LogP contribution in [0.5, 0.6) is 0 Å². The second-order valence-corrected chi connectivity index (χ2v) is 7.55. The minimum atomic E-state index is -0.531. The van der Waals surface area contributed by atoms with E-state index in [0.29, 0.717) is 12.1 Å². The molecule has 0 saturated carbocycles. The van der Waals surface area contributed by atoms with E-state index in [1.54, 1.807) is 13.2 Å². The summed E-state index contributed by atoms with van der Waals surface area (Å²) in [5.41, 5.74) is 0.509. The fourth-order valence-electron chi connectivity index (χ4n) is 4.13. The fourth-order valence-corrected chi connectivity index (χ4v) is 5.35. The maximum Gasteiger partial charge on any atom is 0.332 e. The molecule has 0 aromatic carbocycles. The van der Waals surface area contributed by atoms with Gasteiger partial charge in [0.05, 0.1) is 12.1 Å². The number of methoxy groups -OCH3 is 1. The number of esters is 1. The topological polar surface area (TPSA) is 38.8 Å². The molecule has 3 heterocycles. The average Bonchev–Trinajstić information content (AvgIpc) is 2.98. The second-order valence-electron chi connectivity index (χ2n) is 6.39. The lowest BCUT2D eigenvalue weighted by Gasteiger charge is -2.41. The van der Waals surface area contributed by atoms with Crippen molar-refractivity contribution in [1.29, 1.82) is 0 Å². The van der Waals surface area contributed by atoms with Crippen molar-refractivity contribution < 1.29 is 14.3 Å². The summed E-state index contributed by atoms with van der Waals surface area (Å²) < 4.78 is 12.5. The first-order chi connectivity index (χ1) is 9.88. The van der Waals surface area contributed by atoms with Crippen LogP contribution in [0.25, 0.3) is 0 Å². The molecule has 6 heteroatoms. The van der Waals surface area contributed by atoms with Crippen LogP contribution in [-0.4, -0.2) is 47.8 Å². The van der Waals surface area contributed by atoms with Crippen molar-refractivity contribution in [2.45, 2.75) is 63.4 Å². The zero-order chi connectivity index (χ0) is 15.4. The number of carbonyl (C=O) groups excluding carboxylic acids is 1. The molecule has 124 valence electrons. The monoisotopic (exact) mass is 439 g/mol. The summed E-state index contributed by atoms with van der Waals surface area (Å²) in [5.74, 6) is -0.215. The van der Waals surface area contributed by atoms with Gasteiger partial charge in [-0.1, -0.05) is 6.08 Å². The van der Waals surface area contributed by atoms with E-state index in [-0.39, 0.29) is 30.5 Å². The molecular weight excluding hydrogens is 417 g/mol. The molecule has 3 aliphatic rings. The summed E-state index contributed by atoms with van der Waals surface area (Å²) >= 11 is 2.33. The van der Waals surface area contributed by atoms with Crippen molar-refractivity contribution in [2.75, 3.05) is 7.11 Å². The number of hydrogen-bond acceptors (Lipinski definition) is 4. The van der Waals surface area contributed by atoms with Gasteiger partial charge in [-0.3, -0.25) is 4.90 Å². The lowest BCUT2D eigenvalue weighted by molar-refractivity contribution is -0.150. The van der Waals surface area contributed by atoms with Gasteiger partial charge in [0.15, 0.2) is 5.60 Å². The minimum absolute atomic E-state index is 0. The maximum atomic E-state index is 11.8. The third-order valence-electron chi connectivity index (χ3n) is 5.25. The molecule has 0 spiro atoms. The number of halogens is 2. The Morgan fingerprint density at radius 3 is 2.82 bits per heavy atom. The molecule has 1 saturated heterocycles. The average molecular weight is 440 g/mol. The Morgan fingerprint density at radius 1 is 1.50 bits per heavy atom. The van der Waals surface area contributed by atoms with Gasteiger partial charge in [-0.05, 0) is 56.2 Å². The van der Waals surface area contributed by atoms with Crippen molar-refractivity contribution >= 4 is 41.0 Å². The highest BCUT2D eigenvalue weighted by Crippen LogP contribution is 2.48. The van der Waals surface area contributed by atoms with E-state index in [1.165, 1.54) is 0 Å². The molecule has 22 heavy (non-hydrogen) atoms. The first kappa shape index (κ1) is 18.2. The summed E-state index contributed by atoms with van der Waals surface area (Å²) in [6.45, 7) is 6.41. The van der Waals surface area contributed by atoms with Gasteiger partial charge in [0, 0.05) is 34.4 Å². The number of rotatable bonds is 2. The molecule has 0 radical (unpaired) electrons. The Balaban J connectivity index is 0.00000176. The molecule has 1 fully saturated rings. The molecule has 1 unspecified atom stereocenters. The molecule has 3 aliphatic heterocycles. The Labute approximate surface area is 151 Å². The van der Waals surface area contributed by atoms with Crippen LogP contribution in [0, 0.1) is 0 Å². The predicted molar refractivity (Wildman–Crippen MR) is 96.5 cm³/mol. The van der Waals surface area contributed by atoms with E-state index in [9.17, 15) is 4.79 Å². The Bertz CT molecular complexity index is 535. The highest BCUT2D eigenvalue weighted by Gasteiger charge is 2.55. The van der Waals surface area contributed by atoms with E-state index in [4.69, 9.17) is 9.47 Å². The van der Waals surface area contributed by atoms with Crippen LogP contribution in [-0.2, 0) is 14.3 Å². The molecule has 5 atom stereocenters. The van der Waals surface area contributed by atoms with E-state index in [0.717, 1.165) is 22.0 Å². The molecule has 0 aliphatic carbocycles. The lowest BCUT2D eigenvalue weighted by Crippen LogP contribution is -2.54. The Hall–Kier alpha value is -0.110. The third kappa shape index (κ3) is 2.64. The van der Waals surface area contributed by atoms with Gasteiger partial charge in [0.2, 0.25) is 0 Å². The summed E-state index contributed by atoms with van der Waals surface area (Å²) in [5, 5.41) is 0. The van der Waals surface area contributed by atoms with E-state index in [2.05, 4.69) is 54.3 Å². The highest BCUT2D eigenvalue weighted by atomic mass is 127. The zero-order valence-corrected chi connectivity index (χ0v) is 16.3. The first-order valence-electron chi connectivity index (χ1n) is 7.51. The van der Waals surface area contributed by atoms with Gasteiger partial charge in [-0.15, -0.1) is 12.4 Å². The van der Waals surface area contributed by atoms with Gasteiger partial charge >= 0.3 is 5.97 Å². The summed E-state index contributed by atoms with van der Waals surface area (Å²) in [4.78, 5) is 14.3. The van der Waals surface area contributed by atoms with Crippen molar-refractivity contribution in [1.82, 2.24) is 4.90 Å². The highest BCUT2D eigenvalue weighted by molar-refractivity contribution is 14.1. The van der Waals surface area contributed by atoms with E-state index < -0.39 is 5.60 Å². The Kier molecular flexibility index (Phi) is 5.32. The standard InChI is InChI=1S/C16H22INO3.ClH/c1-9-7-12(17)11-8-15(19)21-16(11,3)14-6-5-13(18(9)14)10(2)20-4;/h7-10,13-14H,5-6H2,1-4H3;1H/t9-,10?,13+,14+,16-;/m0./s1. The third-order valence-corrected chi connectivity index (χ3v) is 6.19. The summed E-state index contributed by atoms with van der Waals surface area (Å²) in [6.07, 6.45) is 6.19. The van der Waals surface area contributed by atoms with Gasteiger partial charge in [-0.2, -0.15) is 0 Å². The summed E-state index contributed by atoms with van der Waals surface area (Å²) in [7, 11) is 1.77. The van der Waals surface area contributed by atoms with Crippen LogP contribution in [0.4, 0.5) is 0 Å². The molecule has 0 bridgehead atoms. The Morgan fingerprint density at radius 2 is 2.18 bits per heavy atom. The predicted octanol–water partition coefficient (Wildman–Crippen LogP) is 3.24. The largest absolute Gasteiger partial charge is 0.450 e. The SMILES string of the molecule is COC(C)[C@H]1CC[C@H]2N1[C@@H](C)C=C(I)C1=CC(=O)O[C@@]12C.Cl. The maximum absolute atomic E-state index is 11.8. The van der Waals surface area contributed by atoms with Gasteiger partial charge < -0.3 is 9.47 Å². The minimum Gasteiger partial charge on any atom is -0.450 e. The van der Waals surface area contributed by atoms with Gasteiger partial charge in [0.25, 0.3) is 0 Å². The van der Waals surface area contributed by atoms with Gasteiger partial charge in [-0.25, -0.2) is 4.79 Å². The molecule has 0 aromatic rings. The van der Waals surface area contributed by atoms with Crippen molar-refractivity contribution in [2.24, 2.45) is 0 Å². The molecule has 4 nitrogen and oxygen atoms in total. The zero-order valence-electron chi connectivity index (χ0n) is 13.3. The molecule has 0 amide bonds. The quantitative estimate of drug-likeness (QED) is 0.489. The summed E-state index contributed by atoms with van der Waals surface area (Å²) in [6, 6.07) is 0.899. The number of hydrogen-bond donors (Lipinski definition) is 0.